The number of hydrogen-bond acceptors (Lipinski definition) is 3. The highest BCUT2D eigenvalue weighted by Gasteiger charge is 2.26. The molecule has 1 unspecified atom stereocenters. The van der Waals surface area contributed by atoms with E-state index in [0.29, 0.717) is 38.0 Å². The molecule has 9 heteroatoms. The molecule has 0 radical (unpaired) electrons. The third-order valence-electron chi connectivity index (χ3n) is 4.61. The lowest BCUT2D eigenvalue weighted by Gasteiger charge is -2.29. The van der Waals surface area contributed by atoms with Gasteiger partial charge in [0.05, 0.1) is 5.75 Å². The van der Waals surface area contributed by atoms with Crippen molar-refractivity contribution >= 4 is 70.0 Å². The number of halogens is 4. The molecule has 4 nitrogen and oxygen atoms in total. The summed E-state index contributed by atoms with van der Waals surface area (Å²) in [5.74, 6) is 0.256. The van der Waals surface area contributed by atoms with Crippen molar-refractivity contribution in [1.29, 1.82) is 0 Å². The molecule has 0 aliphatic carbocycles. The van der Waals surface area contributed by atoms with Gasteiger partial charge < -0.3 is 10.2 Å². The first-order chi connectivity index (χ1) is 14.7. The highest BCUT2D eigenvalue weighted by molar-refractivity contribution is 7.99. The van der Waals surface area contributed by atoms with Crippen LogP contribution in [0.2, 0.25) is 20.1 Å². The minimum Gasteiger partial charge on any atom is -0.354 e. The number of benzene rings is 2. The van der Waals surface area contributed by atoms with E-state index in [1.807, 2.05) is 6.92 Å². The molecule has 0 aliphatic rings. The molecule has 31 heavy (non-hydrogen) atoms. The first kappa shape index (κ1) is 26.1. The Morgan fingerprint density at radius 1 is 1.06 bits per heavy atom. The van der Waals surface area contributed by atoms with Crippen molar-refractivity contribution in [3.8, 4) is 0 Å². The topological polar surface area (TPSA) is 49.4 Å². The molecule has 0 heterocycles. The molecular formula is C22H24Cl4N2O2S. The summed E-state index contributed by atoms with van der Waals surface area (Å²) in [7, 11) is 0. The van der Waals surface area contributed by atoms with E-state index in [-0.39, 0.29) is 24.1 Å². The standard InChI is InChI=1S/C22H24Cl4N2O2S/c1-3-9-27-22(30)14(2)28(11-15-7-8-16(23)10-20(15)26)21(29)13-31-12-17-18(24)5-4-6-19(17)25/h4-8,10,14H,3,9,11-13H2,1-2H3,(H,27,30). The average Bonchev–Trinajstić information content (AvgIpc) is 2.73. The van der Waals surface area contributed by atoms with E-state index in [0.717, 1.165) is 12.0 Å². The number of nitrogens with one attached hydrogen (secondary N) is 1. The number of amides is 2. The normalized spacial score (nSPS) is 11.8. The van der Waals surface area contributed by atoms with Crippen LogP contribution in [0.3, 0.4) is 0 Å². The quantitative estimate of drug-likeness (QED) is 0.389. The van der Waals surface area contributed by atoms with E-state index in [4.69, 9.17) is 46.4 Å². The molecular weight excluding hydrogens is 498 g/mol. The monoisotopic (exact) mass is 520 g/mol. The van der Waals surface area contributed by atoms with Crippen molar-refractivity contribution in [1.82, 2.24) is 10.2 Å². The number of rotatable bonds is 10. The zero-order chi connectivity index (χ0) is 23.0. The first-order valence-electron chi connectivity index (χ1n) is 9.76. The summed E-state index contributed by atoms with van der Waals surface area (Å²) in [5, 5.41) is 4.92. The summed E-state index contributed by atoms with van der Waals surface area (Å²) in [5.41, 5.74) is 1.50. The van der Waals surface area contributed by atoms with Gasteiger partial charge in [-0.05, 0) is 48.7 Å². The van der Waals surface area contributed by atoms with E-state index in [1.165, 1.54) is 16.7 Å². The fourth-order valence-electron chi connectivity index (χ4n) is 2.81. The average molecular weight is 522 g/mol. The Morgan fingerprint density at radius 3 is 2.35 bits per heavy atom. The Morgan fingerprint density at radius 2 is 1.74 bits per heavy atom. The highest BCUT2D eigenvalue weighted by Crippen LogP contribution is 2.29. The Hall–Kier alpha value is -1.11. The van der Waals surface area contributed by atoms with Gasteiger partial charge in [-0.25, -0.2) is 0 Å². The van der Waals surface area contributed by atoms with Crippen molar-refractivity contribution in [2.45, 2.75) is 38.6 Å². The summed E-state index contributed by atoms with van der Waals surface area (Å²) in [6, 6.07) is 9.74. The largest absolute Gasteiger partial charge is 0.354 e. The second-order valence-corrected chi connectivity index (χ2v) is 9.56. The van der Waals surface area contributed by atoms with Crippen molar-refractivity contribution in [2.75, 3.05) is 12.3 Å². The number of nitrogens with zero attached hydrogens (tertiary/aromatic N) is 1. The third kappa shape index (κ3) is 7.76. The predicted octanol–water partition coefficient (Wildman–Crippen LogP) is 6.48. The van der Waals surface area contributed by atoms with Gasteiger partial charge in [0, 0.05) is 38.9 Å². The molecule has 2 rings (SSSR count). The van der Waals surface area contributed by atoms with Gasteiger partial charge in [0.25, 0.3) is 0 Å². The Balaban J connectivity index is 2.14. The molecule has 0 aliphatic heterocycles. The van der Waals surface area contributed by atoms with Gasteiger partial charge in [0.1, 0.15) is 6.04 Å². The van der Waals surface area contributed by atoms with Gasteiger partial charge in [0.15, 0.2) is 0 Å². The molecule has 2 amide bonds. The maximum Gasteiger partial charge on any atom is 0.242 e. The van der Waals surface area contributed by atoms with Gasteiger partial charge in [-0.1, -0.05) is 65.5 Å². The maximum absolute atomic E-state index is 13.1. The van der Waals surface area contributed by atoms with Crippen molar-refractivity contribution in [2.24, 2.45) is 0 Å². The summed E-state index contributed by atoms with van der Waals surface area (Å²) in [6.07, 6.45) is 0.809. The van der Waals surface area contributed by atoms with Crippen LogP contribution in [0.4, 0.5) is 0 Å². The van der Waals surface area contributed by atoms with Crippen molar-refractivity contribution < 1.29 is 9.59 Å². The third-order valence-corrected chi connectivity index (χ3v) is 6.84. The van der Waals surface area contributed by atoms with E-state index in [1.54, 1.807) is 43.3 Å². The molecule has 0 saturated carbocycles. The van der Waals surface area contributed by atoms with Gasteiger partial charge in [0.2, 0.25) is 11.8 Å². The first-order valence-corrected chi connectivity index (χ1v) is 12.4. The molecule has 0 aromatic heterocycles. The summed E-state index contributed by atoms with van der Waals surface area (Å²) >= 11 is 26.1. The van der Waals surface area contributed by atoms with Crippen LogP contribution in [0, 0.1) is 0 Å². The molecule has 0 bridgehead atoms. The molecule has 2 aromatic carbocycles. The fourth-order valence-corrected chi connectivity index (χ4v) is 4.92. The molecule has 1 N–H and O–H groups in total. The summed E-state index contributed by atoms with van der Waals surface area (Å²) in [4.78, 5) is 27.2. The lowest BCUT2D eigenvalue weighted by molar-refractivity contribution is -0.138. The molecule has 1 atom stereocenters. The molecule has 2 aromatic rings. The number of hydrogen-bond donors (Lipinski definition) is 1. The SMILES string of the molecule is CCCNC(=O)C(C)N(Cc1ccc(Cl)cc1Cl)C(=O)CSCc1c(Cl)cccc1Cl. The molecule has 0 saturated heterocycles. The number of thioether (sulfide) groups is 1. The van der Waals surface area contributed by atoms with E-state index >= 15 is 0 Å². The van der Waals surface area contributed by atoms with Crippen LogP contribution < -0.4 is 5.32 Å². The zero-order valence-electron chi connectivity index (χ0n) is 17.3. The van der Waals surface area contributed by atoms with Crippen LogP contribution in [0.25, 0.3) is 0 Å². The van der Waals surface area contributed by atoms with Gasteiger partial charge in [-0.15, -0.1) is 11.8 Å². The second kappa shape index (κ2) is 12.8. The highest BCUT2D eigenvalue weighted by atomic mass is 35.5. The lowest BCUT2D eigenvalue weighted by Crippen LogP contribution is -2.48. The zero-order valence-corrected chi connectivity index (χ0v) is 21.1. The minimum atomic E-state index is -0.657. The Labute approximate surface area is 207 Å². The van der Waals surface area contributed by atoms with Crippen molar-refractivity contribution in [3.63, 3.8) is 0 Å². The van der Waals surface area contributed by atoms with Crippen LogP contribution in [-0.2, 0) is 21.9 Å². The summed E-state index contributed by atoms with van der Waals surface area (Å²) in [6.45, 7) is 4.43. The second-order valence-electron chi connectivity index (χ2n) is 6.92. The molecule has 0 spiro atoms. The predicted molar refractivity (Wildman–Crippen MR) is 132 cm³/mol. The summed E-state index contributed by atoms with van der Waals surface area (Å²) < 4.78 is 0. The van der Waals surface area contributed by atoms with Gasteiger partial charge >= 0.3 is 0 Å². The Kier molecular flexibility index (Phi) is 10.8. The number of carbonyl (C=O) groups excluding carboxylic acids is 2. The number of carbonyl (C=O) groups is 2. The van der Waals surface area contributed by atoms with Crippen LogP contribution in [0.5, 0.6) is 0 Å². The Bertz CT molecular complexity index is 906. The fraction of sp³-hybridized carbons (Fsp3) is 0.364. The lowest BCUT2D eigenvalue weighted by atomic mass is 10.1. The van der Waals surface area contributed by atoms with E-state index in [2.05, 4.69) is 5.32 Å². The van der Waals surface area contributed by atoms with E-state index < -0.39 is 6.04 Å². The van der Waals surface area contributed by atoms with Gasteiger partial charge in [-0.3, -0.25) is 9.59 Å². The van der Waals surface area contributed by atoms with E-state index in [9.17, 15) is 9.59 Å². The van der Waals surface area contributed by atoms with Crippen LogP contribution >= 0.6 is 58.2 Å². The smallest absolute Gasteiger partial charge is 0.242 e. The van der Waals surface area contributed by atoms with Gasteiger partial charge in [-0.2, -0.15) is 0 Å². The van der Waals surface area contributed by atoms with Crippen molar-refractivity contribution in [3.05, 3.63) is 67.6 Å². The van der Waals surface area contributed by atoms with Crippen LogP contribution in [0.1, 0.15) is 31.4 Å². The molecule has 168 valence electrons. The minimum absolute atomic E-state index is 0.165. The van der Waals surface area contributed by atoms with Crippen LogP contribution in [0.15, 0.2) is 36.4 Å². The maximum atomic E-state index is 13.1. The van der Waals surface area contributed by atoms with Crippen LogP contribution in [-0.4, -0.2) is 35.1 Å². The molecule has 0 fully saturated rings.